The van der Waals surface area contributed by atoms with E-state index in [1.54, 1.807) is 19.2 Å². The van der Waals surface area contributed by atoms with E-state index in [0.29, 0.717) is 6.42 Å². The van der Waals surface area contributed by atoms with E-state index >= 15 is 0 Å². The van der Waals surface area contributed by atoms with E-state index in [1.807, 2.05) is 19.1 Å². The summed E-state index contributed by atoms with van der Waals surface area (Å²) in [6.45, 7) is 1.91. The van der Waals surface area contributed by atoms with Gasteiger partial charge in [0.1, 0.15) is 15.8 Å². The average Bonchev–Trinajstić information content (AvgIpc) is 2.53. The minimum atomic E-state index is -3.65. The van der Waals surface area contributed by atoms with Gasteiger partial charge in [0.15, 0.2) is 0 Å². The molecule has 0 saturated heterocycles. The van der Waals surface area contributed by atoms with Crippen LogP contribution in [0.15, 0.2) is 47.5 Å². The molecule has 0 amide bonds. The first-order valence-corrected chi connectivity index (χ1v) is 8.60. The lowest BCUT2D eigenvalue weighted by Crippen LogP contribution is -2.28. The molecule has 2 aromatic rings. The van der Waals surface area contributed by atoms with Crippen LogP contribution in [0.3, 0.4) is 0 Å². The molecule has 0 aliphatic carbocycles. The number of nitrogens with one attached hydrogen (secondary N) is 1. The fraction of sp³-hybridized carbons (Fsp3) is 0.267. The third-order valence-electron chi connectivity index (χ3n) is 3.23. The smallest absolute Gasteiger partial charge is 0.242 e. The van der Waals surface area contributed by atoms with Crippen molar-refractivity contribution in [1.82, 2.24) is 9.71 Å². The maximum Gasteiger partial charge on any atom is 0.242 e. The fourth-order valence-electron chi connectivity index (χ4n) is 2.00. The number of nitrogens with zero attached hydrogens (tertiary/aromatic N) is 1. The molecule has 0 saturated carbocycles. The van der Waals surface area contributed by atoms with E-state index in [0.717, 1.165) is 11.3 Å². The van der Waals surface area contributed by atoms with Crippen LogP contribution in [-0.2, 0) is 10.0 Å². The van der Waals surface area contributed by atoms with E-state index in [9.17, 15) is 8.42 Å². The van der Waals surface area contributed by atoms with Crippen molar-refractivity contribution in [3.63, 3.8) is 0 Å². The summed E-state index contributed by atoms with van der Waals surface area (Å²) in [6, 6.07) is 9.84. The van der Waals surface area contributed by atoms with Crippen LogP contribution in [0, 0.1) is 0 Å². The molecule has 0 bridgehead atoms. The first-order chi connectivity index (χ1) is 10.5. The number of pyridine rings is 1. The molecular formula is C15H17ClN2O3S. The SMILES string of the molecule is CCC(NS(=O)(=O)c1ccc(Cl)nc1)c1ccc(OC)cc1. The molecule has 0 aliphatic heterocycles. The largest absolute Gasteiger partial charge is 0.497 e. The van der Waals surface area contributed by atoms with Crippen molar-refractivity contribution in [2.24, 2.45) is 0 Å². The predicted molar refractivity (Wildman–Crippen MR) is 85.6 cm³/mol. The van der Waals surface area contributed by atoms with Crippen LogP contribution in [0.2, 0.25) is 5.15 Å². The Morgan fingerprint density at radius 2 is 1.91 bits per heavy atom. The summed E-state index contributed by atoms with van der Waals surface area (Å²) in [5.41, 5.74) is 0.869. The number of hydrogen-bond donors (Lipinski definition) is 1. The fourth-order valence-corrected chi connectivity index (χ4v) is 3.36. The highest BCUT2D eigenvalue weighted by Crippen LogP contribution is 2.22. The lowest BCUT2D eigenvalue weighted by Gasteiger charge is -2.17. The van der Waals surface area contributed by atoms with Gasteiger partial charge in [0.2, 0.25) is 10.0 Å². The second-order valence-electron chi connectivity index (χ2n) is 4.67. The highest BCUT2D eigenvalue weighted by Gasteiger charge is 2.20. The second kappa shape index (κ2) is 7.09. The van der Waals surface area contributed by atoms with Gasteiger partial charge in [-0.2, -0.15) is 0 Å². The van der Waals surface area contributed by atoms with Crippen LogP contribution in [0.4, 0.5) is 0 Å². The zero-order chi connectivity index (χ0) is 16.2. The molecule has 1 aromatic carbocycles. The Kier molecular flexibility index (Phi) is 5.39. The van der Waals surface area contributed by atoms with E-state index in [1.165, 1.54) is 18.3 Å². The summed E-state index contributed by atoms with van der Waals surface area (Å²) in [7, 11) is -2.07. The number of ether oxygens (including phenoxy) is 1. The van der Waals surface area contributed by atoms with Crippen LogP contribution in [0.25, 0.3) is 0 Å². The summed E-state index contributed by atoms with van der Waals surface area (Å²) >= 11 is 5.68. The summed E-state index contributed by atoms with van der Waals surface area (Å²) in [6.07, 6.45) is 1.86. The molecule has 0 spiro atoms. The number of hydrogen-bond acceptors (Lipinski definition) is 4. The molecule has 0 fully saturated rings. The Labute approximate surface area is 135 Å². The van der Waals surface area contributed by atoms with Gasteiger partial charge < -0.3 is 4.74 Å². The molecule has 1 heterocycles. The van der Waals surface area contributed by atoms with Crippen molar-refractivity contribution in [2.75, 3.05) is 7.11 Å². The Morgan fingerprint density at radius 3 is 2.41 bits per heavy atom. The van der Waals surface area contributed by atoms with Crippen LogP contribution < -0.4 is 9.46 Å². The molecule has 2 rings (SSSR count). The highest BCUT2D eigenvalue weighted by atomic mass is 35.5. The summed E-state index contributed by atoms with van der Waals surface area (Å²) < 4.78 is 32.6. The molecule has 5 nitrogen and oxygen atoms in total. The van der Waals surface area contributed by atoms with Gasteiger partial charge in [-0.05, 0) is 36.2 Å². The quantitative estimate of drug-likeness (QED) is 0.820. The first-order valence-electron chi connectivity index (χ1n) is 6.74. The molecule has 118 valence electrons. The maximum atomic E-state index is 12.4. The topological polar surface area (TPSA) is 68.3 Å². The van der Waals surface area contributed by atoms with Gasteiger partial charge in [-0.1, -0.05) is 30.7 Å². The lowest BCUT2D eigenvalue weighted by atomic mass is 10.1. The summed E-state index contributed by atoms with van der Waals surface area (Å²) in [4.78, 5) is 3.89. The Hall–Kier alpha value is -1.63. The third kappa shape index (κ3) is 3.97. The van der Waals surface area contributed by atoms with Crippen molar-refractivity contribution in [3.8, 4) is 5.75 Å². The molecule has 1 aromatic heterocycles. The summed E-state index contributed by atoms with van der Waals surface area (Å²) in [5, 5.41) is 0.251. The van der Waals surface area contributed by atoms with Crippen LogP contribution in [-0.4, -0.2) is 20.5 Å². The van der Waals surface area contributed by atoms with E-state index in [4.69, 9.17) is 16.3 Å². The normalized spacial score (nSPS) is 12.9. The van der Waals surface area contributed by atoms with E-state index in [-0.39, 0.29) is 16.1 Å². The zero-order valence-corrected chi connectivity index (χ0v) is 13.9. The number of methoxy groups -OCH3 is 1. The molecular weight excluding hydrogens is 324 g/mol. The third-order valence-corrected chi connectivity index (χ3v) is 4.91. The van der Waals surface area contributed by atoms with Crippen LogP contribution >= 0.6 is 11.6 Å². The van der Waals surface area contributed by atoms with E-state index in [2.05, 4.69) is 9.71 Å². The Balaban J connectivity index is 2.22. The summed E-state index contributed by atoms with van der Waals surface area (Å²) in [5.74, 6) is 0.725. The van der Waals surface area contributed by atoms with Crippen molar-refractivity contribution in [1.29, 1.82) is 0 Å². The van der Waals surface area contributed by atoms with Gasteiger partial charge in [-0.15, -0.1) is 0 Å². The van der Waals surface area contributed by atoms with Crippen LogP contribution in [0.1, 0.15) is 24.9 Å². The van der Waals surface area contributed by atoms with Gasteiger partial charge in [-0.25, -0.2) is 18.1 Å². The van der Waals surface area contributed by atoms with Crippen LogP contribution in [0.5, 0.6) is 5.75 Å². The molecule has 22 heavy (non-hydrogen) atoms. The van der Waals surface area contributed by atoms with Gasteiger partial charge in [0.05, 0.1) is 7.11 Å². The first kappa shape index (κ1) is 16.7. The lowest BCUT2D eigenvalue weighted by molar-refractivity contribution is 0.414. The zero-order valence-electron chi connectivity index (χ0n) is 12.3. The van der Waals surface area contributed by atoms with Gasteiger partial charge in [0.25, 0.3) is 0 Å². The molecule has 0 radical (unpaired) electrons. The monoisotopic (exact) mass is 340 g/mol. The standard InChI is InChI=1S/C15H17ClN2O3S/c1-3-14(11-4-6-12(21-2)7-5-11)18-22(19,20)13-8-9-15(16)17-10-13/h4-10,14,18H,3H2,1-2H3. The minimum absolute atomic E-state index is 0.0869. The number of sulfonamides is 1. The van der Waals surface area contributed by atoms with Gasteiger partial charge in [-0.3, -0.25) is 0 Å². The van der Waals surface area contributed by atoms with Gasteiger partial charge >= 0.3 is 0 Å². The van der Waals surface area contributed by atoms with Crippen molar-refractivity contribution < 1.29 is 13.2 Å². The molecule has 1 N–H and O–H groups in total. The minimum Gasteiger partial charge on any atom is -0.497 e. The Morgan fingerprint density at radius 1 is 1.23 bits per heavy atom. The molecule has 7 heteroatoms. The average molecular weight is 341 g/mol. The van der Waals surface area contributed by atoms with Crippen molar-refractivity contribution in [2.45, 2.75) is 24.3 Å². The predicted octanol–water partition coefficient (Wildman–Crippen LogP) is 3.17. The van der Waals surface area contributed by atoms with Gasteiger partial charge in [0, 0.05) is 12.2 Å². The number of rotatable bonds is 6. The second-order valence-corrected chi connectivity index (χ2v) is 6.77. The Bertz CT molecular complexity index is 715. The molecule has 0 aliphatic rings. The molecule has 1 atom stereocenters. The van der Waals surface area contributed by atoms with Crippen molar-refractivity contribution >= 4 is 21.6 Å². The molecule has 1 unspecified atom stereocenters. The van der Waals surface area contributed by atoms with Crippen molar-refractivity contribution in [3.05, 3.63) is 53.3 Å². The number of halogens is 1. The number of aromatic nitrogens is 1. The highest BCUT2D eigenvalue weighted by molar-refractivity contribution is 7.89. The number of benzene rings is 1. The van der Waals surface area contributed by atoms with E-state index < -0.39 is 10.0 Å². The maximum absolute atomic E-state index is 12.4.